The monoisotopic (exact) mass is 250 g/mol. The number of rotatable bonds is 3. The third-order valence-corrected chi connectivity index (χ3v) is 4.02. The lowest BCUT2D eigenvalue weighted by Crippen LogP contribution is -2.40. The van der Waals surface area contributed by atoms with Gasteiger partial charge < -0.3 is 4.90 Å². The van der Waals surface area contributed by atoms with Crippen molar-refractivity contribution in [1.82, 2.24) is 9.88 Å². The van der Waals surface area contributed by atoms with Crippen LogP contribution in [0, 0.1) is 5.92 Å². The molecule has 0 radical (unpaired) electrons. The predicted octanol–water partition coefficient (Wildman–Crippen LogP) is 2.43. The average Bonchev–Trinajstić information content (AvgIpc) is 2.37. The maximum Gasteiger partial charge on any atom is 0.232 e. The van der Waals surface area contributed by atoms with E-state index in [1.807, 2.05) is 17.0 Å². The first-order valence-electron chi connectivity index (χ1n) is 6.06. The Kier molecular flexibility index (Phi) is 4.42. The Morgan fingerprint density at radius 1 is 1.53 bits per heavy atom. The third kappa shape index (κ3) is 3.73. The van der Waals surface area contributed by atoms with Gasteiger partial charge in [-0.15, -0.1) is 11.8 Å². The summed E-state index contributed by atoms with van der Waals surface area (Å²) in [6.07, 6.45) is 5.92. The molecule has 1 amide bonds. The molecule has 0 N–H and O–H groups in total. The first kappa shape index (κ1) is 12.4. The third-order valence-electron chi connectivity index (χ3n) is 3.02. The van der Waals surface area contributed by atoms with Crippen LogP contribution in [-0.2, 0) is 4.79 Å². The van der Waals surface area contributed by atoms with E-state index in [2.05, 4.69) is 11.9 Å². The average molecular weight is 250 g/mol. The van der Waals surface area contributed by atoms with E-state index in [1.54, 1.807) is 24.2 Å². The maximum atomic E-state index is 12.0. The van der Waals surface area contributed by atoms with Crippen molar-refractivity contribution in [2.45, 2.75) is 24.7 Å². The molecule has 0 bridgehead atoms. The summed E-state index contributed by atoms with van der Waals surface area (Å²) >= 11 is 1.59. The lowest BCUT2D eigenvalue weighted by Gasteiger charge is -2.30. The first-order valence-corrected chi connectivity index (χ1v) is 7.05. The summed E-state index contributed by atoms with van der Waals surface area (Å²) in [6.45, 7) is 4.07. The maximum absolute atomic E-state index is 12.0. The molecule has 0 aromatic carbocycles. The minimum absolute atomic E-state index is 0.262. The molecule has 0 aliphatic carbocycles. The van der Waals surface area contributed by atoms with E-state index in [0.29, 0.717) is 11.7 Å². The van der Waals surface area contributed by atoms with Gasteiger partial charge in [-0.1, -0.05) is 6.92 Å². The summed E-state index contributed by atoms with van der Waals surface area (Å²) in [7, 11) is 0. The summed E-state index contributed by atoms with van der Waals surface area (Å²) < 4.78 is 0. The fourth-order valence-corrected chi connectivity index (χ4v) is 2.87. The zero-order chi connectivity index (χ0) is 12.1. The number of nitrogens with zero attached hydrogens (tertiary/aromatic N) is 2. The molecule has 1 aromatic rings. The molecule has 1 aromatic heterocycles. The molecule has 0 spiro atoms. The van der Waals surface area contributed by atoms with Crippen molar-refractivity contribution in [3.8, 4) is 0 Å². The molecular formula is C13H18N2OS. The standard InChI is InChI=1S/C13H18N2OS/c1-11-3-2-8-15(9-11)13(16)10-17-12-4-6-14-7-5-12/h4-7,11H,2-3,8-10H2,1H3. The minimum Gasteiger partial charge on any atom is -0.342 e. The summed E-state index contributed by atoms with van der Waals surface area (Å²) in [6, 6.07) is 3.88. The van der Waals surface area contributed by atoms with Gasteiger partial charge in [0.15, 0.2) is 0 Å². The highest BCUT2D eigenvalue weighted by atomic mass is 32.2. The largest absolute Gasteiger partial charge is 0.342 e. The number of aromatic nitrogens is 1. The number of carbonyl (C=O) groups excluding carboxylic acids is 1. The quantitative estimate of drug-likeness (QED) is 0.773. The Hall–Kier alpha value is -1.03. The van der Waals surface area contributed by atoms with Crippen LogP contribution in [0.5, 0.6) is 0 Å². The van der Waals surface area contributed by atoms with Gasteiger partial charge in [0, 0.05) is 30.4 Å². The van der Waals surface area contributed by atoms with Gasteiger partial charge in [0.25, 0.3) is 0 Å². The van der Waals surface area contributed by atoms with E-state index in [4.69, 9.17) is 0 Å². The number of pyridine rings is 1. The Labute approximate surface area is 107 Å². The summed E-state index contributed by atoms with van der Waals surface area (Å²) in [4.78, 5) is 19.1. The Bertz CT molecular complexity index is 369. The molecule has 3 nitrogen and oxygen atoms in total. The van der Waals surface area contributed by atoms with Gasteiger partial charge in [0.2, 0.25) is 5.91 Å². The molecule has 1 unspecified atom stereocenters. The molecule has 1 aliphatic heterocycles. The van der Waals surface area contributed by atoms with Gasteiger partial charge >= 0.3 is 0 Å². The van der Waals surface area contributed by atoms with Crippen molar-refractivity contribution in [1.29, 1.82) is 0 Å². The minimum atomic E-state index is 0.262. The Morgan fingerprint density at radius 2 is 2.29 bits per heavy atom. The van der Waals surface area contributed by atoms with Gasteiger partial charge in [-0.25, -0.2) is 0 Å². The Morgan fingerprint density at radius 3 is 3.00 bits per heavy atom. The van der Waals surface area contributed by atoms with Crippen LogP contribution in [-0.4, -0.2) is 34.6 Å². The molecule has 1 fully saturated rings. The van der Waals surface area contributed by atoms with Crippen LogP contribution < -0.4 is 0 Å². The molecule has 0 saturated carbocycles. The number of hydrogen-bond acceptors (Lipinski definition) is 3. The van der Waals surface area contributed by atoms with E-state index >= 15 is 0 Å². The number of likely N-dealkylation sites (tertiary alicyclic amines) is 1. The predicted molar refractivity (Wildman–Crippen MR) is 69.9 cm³/mol. The zero-order valence-electron chi connectivity index (χ0n) is 10.1. The van der Waals surface area contributed by atoms with Crippen molar-refractivity contribution in [3.63, 3.8) is 0 Å². The summed E-state index contributed by atoms with van der Waals surface area (Å²) in [5.41, 5.74) is 0. The van der Waals surface area contributed by atoms with Crippen LogP contribution in [0.2, 0.25) is 0 Å². The van der Waals surface area contributed by atoms with E-state index in [9.17, 15) is 4.79 Å². The number of thioether (sulfide) groups is 1. The molecule has 92 valence electrons. The smallest absolute Gasteiger partial charge is 0.232 e. The number of piperidine rings is 1. The fraction of sp³-hybridized carbons (Fsp3) is 0.538. The topological polar surface area (TPSA) is 33.2 Å². The van der Waals surface area contributed by atoms with Crippen LogP contribution in [0.25, 0.3) is 0 Å². The number of amides is 1. The molecule has 1 aliphatic rings. The van der Waals surface area contributed by atoms with E-state index < -0.39 is 0 Å². The second kappa shape index (κ2) is 6.05. The Balaban J connectivity index is 1.81. The van der Waals surface area contributed by atoms with Crippen LogP contribution >= 0.6 is 11.8 Å². The van der Waals surface area contributed by atoms with Gasteiger partial charge in [-0.3, -0.25) is 9.78 Å². The molecule has 2 heterocycles. The highest BCUT2D eigenvalue weighted by Gasteiger charge is 2.20. The number of carbonyl (C=O) groups is 1. The highest BCUT2D eigenvalue weighted by molar-refractivity contribution is 8.00. The molecule has 17 heavy (non-hydrogen) atoms. The van der Waals surface area contributed by atoms with E-state index in [1.165, 1.54) is 6.42 Å². The molecule has 2 rings (SSSR count). The van der Waals surface area contributed by atoms with E-state index in [-0.39, 0.29) is 5.91 Å². The number of hydrogen-bond donors (Lipinski definition) is 0. The normalized spacial score (nSPS) is 20.3. The zero-order valence-corrected chi connectivity index (χ0v) is 10.9. The first-order chi connectivity index (χ1) is 8.25. The van der Waals surface area contributed by atoms with Crippen molar-refractivity contribution in [3.05, 3.63) is 24.5 Å². The van der Waals surface area contributed by atoms with Crippen LogP contribution in [0.4, 0.5) is 0 Å². The van der Waals surface area contributed by atoms with Gasteiger partial charge in [-0.2, -0.15) is 0 Å². The van der Waals surface area contributed by atoms with Crippen molar-refractivity contribution < 1.29 is 4.79 Å². The highest BCUT2D eigenvalue weighted by Crippen LogP contribution is 2.20. The fourth-order valence-electron chi connectivity index (χ4n) is 2.09. The molecule has 1 atom stereocenters. The lowest BCUT2D eigenvalue weighted by atomic mass is 10.0. The van der Waals surface area contributed by atoms with Gasteiger partial charge in [0.05, 0.1) is 5.75 Å². The molecular weight excluding hydrogens is 232 g/mol. The van der Waals surface area contributed by atoms with E-state index in [0.717, 1.165) is 24.4 Å². The van der Waals surface area contributed by atoms with Crippen LogP contribution in [0.15, 0.2) is 29.4 Å². The van der Waals surface area contributed by atoms with Gasteiger partial charge in [0.1, 0.15) is 0 Å². The lowest BCUT2D eigenvalue weighted by molar-refractivity contribution is -0.130. The van der Waals surface area contributed by atoms with Crippen molar-refractivity contribution in [2.24, 2.45) is 5.92 Å². The van der Waals surface area contributed by atoms with Crippen molar-refractivity contribution >= 4 is 17.7 Å². The SMILES string of the molecule is CC1CCCN(C(=O)CSc2ccncc2)C1. The van der Waals surface area contributed by atoms with Crippen LogP contribution in [0.1, 0.15) is 19.8 Å². The molecule has 4 heteroatoms. The summed E-state index contributed by atoms with van der Waals surface area (Å²) in [5.74, 6) is 1.45. The second-order valence-corrected chi connectivity index (χ2v) is 5.61. The van der Waals surface area contributed by atoms with Crippen LogP contribution in [0.3, 0.4) is 0 Å². The second-order valence-electron chi connectivity index (χ2n) is 4.56. The summed E-state index contributed by atoms with van der Waals surface area (Å²) in [5, 5.41) is 0. The van der Waals surface area contributed by atoms with Gasteiger partial charge in [-0.05, 0) is 30.9 Å². The van der Waals surface area contributed by atoms with Crippen molar-refractivity contribution in [2.75, 3.05) is 18.8 Å². The molecule has 1 saturated heterocycles.